The number of aromatic nitrogens is 2. The van der Waals surface area contributed by atoms with E-state index in [0.717, 1.165) is 21.2 Å². The Morgan fingerprint density at radius 3 is 2.80 bits per heavy atom. The molecule has 1 N–H and O–H groups in total. The molecular formula is C14H9BrClFN2S. The predicted octanol–water partition coefficient (Wildman–Crippen LogP) is 5.55. The summed E-state index contributed by atoms with van der Waals surface area (Å²) in [4.78, 5) is 3.00. The molecule has 1 heterocycles. The average molecular weight is 372 g/mol. The van der Waals surface area contributed by atoms with Crippen molar-refractivity contribution in [1.82, 2.24) is 9.55 Å². The molecule has 2 aromatic carbocycles. The summed E-state index contributed by atoms with van der Waals surface area (Å²) in [5.41, 5.74) is 3.36. The first-order chi connectivity index (χ1) is 9.47. The lowest BCUT2D eigenvalue weighted by molar-refractivity contribution is 0.630. The van der Waals surface area contributed by atoms with Crippen molar-refractivity contribution in [3.8, 4) is 5.69 Å². The number of H-pyrrole nitrogens is 1. The predicted molar refractivity (Wildman–Crippen MR) is 85.9 cm³/mol. The molecule has 3 aromatic rings. The van der Waals surface area contributed by atoms with Gasteiger partial charge in [0.05, 0.1) is 21.7 Å². The van der Waals surface area contributed by atoms with Crippen molar-refractivity contribution in [3.05, 3.63) is 56.0 Å². The number of nitrogens with zero attached hydrogens (tertiary/aromatic N) is 1. The van der Waals surface area contributed by atoms with Crippen LogP contribution in [0.5, 0.6) is 0 Å². The lowest BCUT2D eigenvalue weighted by Gasteiger charge is -2.09. The van der Waals surface area contributed by atoms with E-state index in [9.17, 15) is 4.39 Å². The monoisotopic (exact) mass is 370 g/mol. The number of fused-ring (bicyclic) bond motifs is 1. The third-order valence-corrected chi connectivity index (χ3v) is 4.20. The normalized spacial score (nSPS) is 11.2. The quantitative estimate of drug-likeness (QED) is 0.556. The maximum absolute atomic E-state index is 13.5. The summed E-state index contributed by atoms with van der Waals surface area (Å²) in [6, 6.07) is 8.86. The molecule has 20 heavy (non-hydrogen) atoms. The molecule has 0 aliphatic rings. The summed E-state index contributed by atoms with van der Waals surface area (Å²) in [7, 11) is 0. The number of imidazole rings is 1. The van der Waals surface area contributed by atoms with Crippen LogP contribution >= 0.6 is 39.7 Å². The number of halogens is 3. The minimum atomic E-state index is -0.464. The van der Waals surface area contributed by atoms with Crippen LogP contribution in [0.3, 0.4) is 0 Å². The van der Waals surface area contributed by atoms with Crippen LogP contribution in [0.15, 0.2) is 34.8 Å². The van der Waals surface area contributed by atoms with Gasteiger partial charge in [-0.15, -0.1) is 0 Å². The SMILES string of the molecule is Cc1ccc(Br)cc1-n1c(=S)[nH]c2cc(F)c(Cl)cc21. The molecule has 102 valence electrons. The van der Waals surface area contributed by atoms with Crippen LogP contribution in [0.25, 0.3) is 16.7 Å². The van der Waals surface area contributed by atoms with Crippen molar-refractivity contribution >= 4 is 50.8 Å². The molecule has 3 rings (SSSR count). The van der Waals surface area contributed by atoms with Crippen LogP contribution in [0, 0.1) is 17.5 Å². The lowest BCUT2D eigenvalue weighted by Crippen LogP contribution is -1.97. The van der Waals surface area contributed by atoms with Gasteiger partial charge in [-0.3, -0.25) is 4.57 Å². The van der Waals surface area contributed by atoms with Crippen LogP contribution < -0.4 is 0 Å². The fourth-order valence-corrected chi connectivity index (χ4v) is 2.98. The van der Waals surface area contributed by atoms with E-state index in [0.29, 0.717) is 10.3 Å². The van der Waals surface area contributed by atoms with Crippen molar-refractivity contribution in [2.75, 3.05) is 0 Å². The Kier molecular flexibility index (Phi) is 3.44. The van der Waals surface area contributed by atoms with E-state index < -0.39 is 5.82 Å². The largest absolute Gasteiger partial charge is 0.330 e. The first kappa shape index (κ1) is 13.8. The van der Waals surface area contributed by atoms with E-state index in [1.807, 2.05) is 29.7 Å². The van der Waals surface area contributed by atoms with Gasteiger partial charge in [0.2, 0.25) is 0 Å². The van der Waals surface area contributed by atoms with E-state index in [1.165, 1.54) is 6.07 Å². The number of benzene rings is 2. The molecule has 0 fully saturated rings. The van der Waals surface area contributed by atoms with Crippen molar-refractivity contribution < 1.29 is 4.39 Å². The fourth-order valence-electron chi connectivity index (χ4n) is 2.16. The summed E-state index contributed by atoms with van der Waals surface area (Å²) in [5.74, 6) is -0.464. The fraction of sp³-hybridized carbons (Fsp3) is 0.0714. The Balaban J connectivity index is 2.42. The Labute approximate surface area is 133 Å². The Morgan fingerprint density at radius 2 is 2.05 bits per heavy atom. The summed E-state index contributed by atoms with van der Waals surface area (Å²) >= 11 is 14.7. The van der Waals surface area contributed by atoms with Crippen LogP contribution in [-0.2, 0) is 0 Å². The Morgan fingerprint density at radius 1 is 1.30 bits per heavy atom. The van der Waals surface area contributed by atoms with Gasteiger partial charge in [-0.2, -0.15) is 0 Å². The summed E-state index contributed by atoms with van der Waals surface area (Å²) in [6.07, 6.45) is 0. The zero-order valence-electron chi connectivity index (χ0n) is 10.4. The molecule has 0 amide bonds. The van der Waals surface area contributed by atoms with E-state index in [4.69, 9.17) is 23.8 Å². The van der Waals surface area contributed by atoms with Crippen LogP contribution in [0.2, 0.25) is 5.02 Å². The third kappa shape index (κ3) is 2.20. The number of aromatic amines is 1. The van der Waals surface area contributed by atoms with Gasteiger partial charge in [0, 0.05) is 10.5 Å². The molecule has 2 nitrogen and oxygen atoms in total. The van der Waals surface area contributed by atoms with Gasteiger partial charge in [-0.25, -0.2) is 4.39 Å². The molecule has 0 unspecified atom stereocenters. The van der Waals surface area contributed by atoms with Gasteiger partial charge in [-0.05, 0) is 42.9 Å². The molecule has 6 heteroatoms. The molecule has 0 aliphatic carbocycles. The first-order valence-electron chi connectivity index (χ1n) is 5.83. The molecule has 0 atom stereocenters. The van der Waals surface area contributed by atoms with Crippen LogP contribution in [0.4, 0.5) is 4.39 Å². The number of aryl methyl sites for hydroxylation is 1. The molecule has 0 saturated heterocycles. The summed E-state index contributed by atoms with van der Waals surface area (Å²) < 4.78 is 16.8. The highest BCUT2D eigenvalue weighted by molar-refractivity contribution is 9.10. The highest BCUT2D eigenvalue weighted by Gasteiger charge is 2.12. The number of nitrogens with one attached hydrogen (secondary N) is 1. The maximum Gasteiger partial charge on any atom is 0.182 e. The highest BCUT2D eigenvalue weighted by atomic mass is 79.9. The van der Waals surface area contributed by atoms with Gasteiger partial charge in [0.25, 0.3) is 0 Å². The molecular weight excluding hydrogens is 363 g/mol. The summed E-state index contributed by atoms with van der Waals surface area (Å²) in [5, 5.41) is 0.0768. The molecule has 0 saturated carbocycles. The van der Waals surface area contributed by atoms with E-state index >= 15 is 0 Å². The molecule has 1 aromatic heterocycles. The number of rotatable bonds is 1. The van der Waals surface area contributed by atoms with E-state index in [-0.39, 0.29) is 5.02 Å². The molecule has 0 bridgehead atoms. The van der Waals surface area contributed by atoms with E-state index in [1.54, 1.807) is 6.07 Å². The second-order valence-corrected chi connectivity index (χ2v) is 6.19. The minimum absolute atomic E-state index is 0.0768. The van der Waals surface area contributed by atoms with Crippen molar-refractivity contribution in [1.29, 1.82) is 0 Å². The maximum atomic E-state index is 13.5. The van der Waals surface area contributed by atoms with Gasteiger partial charge in [0.15, 0.2) is 4.77 Å². The average Bonchev–Trinajstić information content (AvgIpc) is 2.69. The van der Waals surface area contributed by atoms with Crippen LogP contribution in [-0.4, -0.2) is 9.55 Å². The van der Waals surface area contributed by atoms with Gasteiger partial charge >= 0.3 is 0 Å². The topological polar surface area (TPSA) is 20.7 Å². The van der Waals surface area contributed by atoms with Gasteiger partial charge in [0.1, 0.15) is 5.82 Å². The highest BCUT2D eigenvalue weighted by Crippen LogP contribution is 2.28. The summed E-state index contributed by atoms with van der Waals surface area (Å²) in [6.45, 7) is 1.99. The number of hydrogen-bond acceptors (Lipinski definition) is 1. The molecule has 0 spiro atoms. The van der Waals surface area contributed by atoms with E-state index in [2.05, 4.69) is 20.9 Å². The van der Waals surface area contributed by atoms with Crippen molar-refractivity contribution in [2.45, 2.75) is 6.92 Å². The standard InChI is InChI=1S/C14H9BrClFN2S/c1-7-2-3-8(15)4-12(7)19-13-5-9(16)10(17)6-11(13)18-14(19)20/h2-6H,1H3,(H,18,20). The lowest BCUT2D eigenvalue weighted by atomic mass is 10.2. The minimum Gasteiger partial charge on any atom is -0.330 e. The third-order valence-electron chi connectivity index (χ3n) is 3.14. The van der Waals surface area contributed by atoms with Crippen molar-refractivity contribution in [3.63, 3.8) is 0 Å². The van der Waals surface area contributed by atoms with Gasteiger partial charge < -0.3 is 4.98 Å². The van der Waals surface area contributed by atoms with Gasteiger partial charge in [-0.1, -0.05) is 33.6 Å². The molecule has 0 aliphatic heterocycles. The molecule has 0 radical (unpaired) electrons. The second-order valence-electron chi connectivity index (χ2n) is 4.48. The zero-order valence-corrected chi connectivity index (χ0v) is 13.5. The van der Waals surface area contributed by atoms with Crippen molar-refractivity contribution in [2.24, 2.45) is 0 Å². The zero-order chi connectivity index (χ0) is 14.4. The Hall–Kier alpha value is -1.17. The first-order valence-corrected chi connectivity index (χ1v) is 7.41. The second kappa shape index (κ2) is 4.98. The number of hydrogen-bond donors (Lipinski definition) is 1. The van der Waals surface area contributed by atoms with Crippen LogP contribution in [0.1, 0.15) is 5.56 Å². The smallest absolute Gasteiger partial charge is 0.182 e. The Bertz CT molecular complexity index is 885.